The molecule has 0 aliphatic heterocycles. The van der Waals surface area contributed by atoms with Gasteiger partial charge in [0.05, 0.1) is 58.3 Å². The lowest BCUT2D eigenvalue weighted by molar-refractivity contribution is -0.140. The van der Waals surface area contributed by atoms with E-state index in [2.05, 4.69) is 38.5 Å². The molecule has 0 aromatic heterocycles. The number of carboxylic acids is 2. The van der Waals surface area contributed by atoms with Crippen LogP contribution in [0.1, 0.15) is 140 Å². The number of ether oxygens (including phenoxy) is 4. The largest absolute Gasteiger partial charge is 0.508 e. The van der Waals surface area contributed by atoms with Crippen LogP contribution in [-0.2, 0) is 58.9 Å². The average Bonchev–Trinajstić information content (AvgIpc) is 3.36. The van der Waals surface area contributed by atoms with E-state index >= 15 is 0 Å². The Bertz CT molecular complexity index is 1720. The van der Waals surface area contributed by atoms with Crippen LogP contribution in [0.5, 0.6) is 5.75 Å². The monoisotopic (exact) mass is 1050 g/mol. The summed E-state index contributed by atoms with van der Waals surface area (Å²) in [7, 11) is 1.69. The van der Waals surface area contributed by atoms with Crippen molar-refractivity contribution in [2.45, 2.75) is 159 Å². The predicted octanol–water partition coefficient (Wildman–Crippen LogP) is 3.78. The molecular weight excluding hydrogens is 959 g/mol. The van der Waals surface area contributed by atoms with E-state index < -0.39 is 36.0 Å². The van der Waals surface area contributed by atoms with Crippen molar-refractivity contribution in [3.8, 4) is 5.75 Å². The predicted molar refractivity (Wildman–Crippen MR) is 281 cm³/mol. The Hall–Kier alpha value is -5.19. The Morgan fingerprint density at radius 3 is 1.54 bits per heavy atom. The summed E-state index contributed by atoms with van der Waals surface area (Å²) >= 11 is 0. The molecule has 0 saturated heterocycles. The number of benzene rings is 1. The number of amides is 4. The van der Waals surface area contributed by atoms with Crippen molar-refractivity contribution in [3.05, 3.63) is 42.1 Å². The average molecular weight is 1050 g/mol. The lowest BCUT2D eigenvalue weighted by Gasteiger charge is -2.19. The van der Waals surface area contributed by atoms with Crippen LogP contribution < -0.4 is 37.6 Å². The van der Waals surface area contributed by atoms with Crippen LogP contribution in [0.25, 0.3) is 0 Å². The van der Waals surface area contributed by atoms with Crippen molar-refractivity contribution in [1.29, 1.82) is 0 Å². The molecule has 0 aliphatic carbocycles. The van der Waals surface area contributed by atoms with Gasteiger partial charge in [-0.3, -0.25) is 34.1 Å². The highest BCUT2D eigenvalue weighted by atomic mass is 16.5. The van der Waals surface area contributed by atoms with E-state index in [1.54, 1.807) is 19.2 Å². The Kier molecular flexibility index (Phi) is 40.8. The molecule has 11 N–H and O–H groups in total. The van der Waals surface area contributed by atoms with E-state index in [1.807, 2.05) is 0 Å². The van der Waals surface area contributed by atoms with Gasteiger partial charge < -0.3 is 66.6 Å². The van der Waals surface area contributed by atoms with E-state index in [0.717, 1.165) is 44.1 Å². The summed E-state index contributed by atoms with van der Waals surface area (Å²) in [5.74, 6) is -3.21. The van der Waals surface area contributed by atoms with Crippen molar-refractivity contribution in [3.63, 3.8) is 0 Å². The first-order valence-corrected chi connectivity index (χ1v) is 26.7. The molecule has 422 valence electrons. The number of Topliss-reactive ketones (excluding diaryl/α,β-unsaturated/α-hetero) is 1. The van der Waals surface area contributed by atoms with Crippen LogP contribution in [-0.4, -0.2) is 161 Å². The lowest BCUT2D eigenvalue weighted by atomic mass is 10.0. The molecule has 21 nitrogen and oxygen atoms in total. The quantitative estimate of drug-likeness (QED) is 0.0415. The highest BCUT2D eigenvalue weighted by Crippen LogP contribution is 2.16. The third kappa shape index (κ3) is 39.3. The fourth-order valence-corrected chi connectivity index (χ4v) is 7.73. The van der Waals surface area contributed by atoms with Gasteiger partial charge in [-0.15, -0.1) is 0 Å². The van der Waals surface area contributed by atoms with Crippen LogP contribution >= 0.6 is 0 Å². The third-order valence-electron chi connectivity index (χ3n) is 12.0. The maximum Gasteiger partial charge on any atom is 0.326 e. The summed E-state index contributed by atoms with van der Waals surface area (Å²) in [6, 6.07) is 4.33. The summed E-state index contributed by atoms with van der Waals surface area (Å²) in [4.78, 5) is 83.5. The van der Waals surface area contributed by atoms with Crippen molar-refractivity contribution in [2.75, 3.05) is 86.1 Å². The van der Waals surface area contributed by atoms with E-state index in [0.29, 0.717) is 37.9 Å². The van der Waals surface area contributed by atoms with Crippen molar-refractivity contribution in [1.82, 2.24) is 31.9 Å². The number of hydrogen-bond acceptors (Lipinski definition) is 15. The second kappa shape index (κ2) is 45.2. The molecule has 3 atom stereocenters. The molecule has 4 amide bonds. The first kappa shape index (κ1) is 66.8. The van der Waals surface area contributed by atoms with E-state index in [1.165, 1.54) is 63.5 Å². The van der Waals surface area contributed by atoms with Gasteiger partial charge in [-0.25, -0.2) is 4.79 Å². The van der Waals surface area contributed by atoms with Gasteiger partial charge in [0.1, 0.15) is 25.0 Å². The number of phenols is 1. The minimum Gasteiger partial charge on any atom is -0.508 e. The van der Waals surface area contributed by atoms with Crippen molar-refractivity contribution in [2.24, 2.45) is 5.73 Å². The molecule has 0 fully saturated rings. The molecule has 74 heavy (non-hydrogen) atoms. The first-order valence-electron chi connectivity index (χ1n) is 26.7. The highest BCUT2D eigenvalue weighted by molar-refractivity contribution is 5.87. The van der Waals surface area contributed by atoms with Gasteiger partial charge >= 0.3 is 11.9 Å². The van der Waals surface area contributed by atoms with Crippen LogP contribution in [0.4, 0.5) is 0 Å². The SMILES string of the molecule is C=C(CCCCCCCCCCCCCCCCC(=O)O)N[C@@H](CCC(=O)NCCOCCOCC(=O)NCCOCCOCC(=O)NCCCC[C@H](NC)C(=O)CN[C@@H](Cc1ccc(O)cc1)C(N)=O)C(=O)O. The number of hydrogen-bond donors (Lipinski definition) is 10. The molecule has 0 spiro atoms. The molecule has 0 bridgehead atoms. The molecule has 1 aromatic rings. The molecule has 1 rings (SSSR count). The summed E-state index contributed by atoms with van der Waals surface area (Å²) in [6.07, 6.45) is 19.1. The Morgan fingerprint density at radius 2 is 1.04 bits per heavy atom. The summed E-state index contributed by atoms with van der Waals surface area (Å²) < 4.78 is 21.5. The number of phenolic OH excluding ortho intramolecular Hbond substituents is 1. The van der Waals surface area contributed by atoms with Gasteiger partial charge in [0.15, 0.2) is 5.78 Å². The zero-order valence-corrected chi connectivity index (χ0v) is 44.2. The fourth-order valence-electron chi connectivity index (χ4n) is 7.73. The molecule has 0 aliphatic rings. The lowest BCUT2D eigenvalue weighted by Crippen LogP contribution is -2.48. The Labute approximate surface area is 439 Å². The van der Waals surface area contributed by atoms with Gasteiger partial charge in [-0.1, -0.05) is 95.8 Å². The second-order valence-electron chi connectivity index (χ2n) is 18.4. The topological polar surface area (TPSA) is 315 Å². The zero-order chi connectivity index (χ0) is 54.4. The van der Waals surface area contributed by atoms with Crippen molar-refractivity contribution < 1.29 is 67.8 Å². The van der Waals surface area contributed by atoms with Crippen LogP contribution in [0.15, 0.2) is 36.5 Å². The molecule has 0 heterocycles. The Balaban J connectivity index is 1.95. The number of rotatable bonds is 52. The van der Waals surface area contributed by atoms with Gasteiger partial charge in [0.2, 0.25) is 23.6 Å². The van der Waals surface area contributed by atoms with E-state index in [9.17, 15) is 43.8 Å². The summed E-state index contributed by atoms with van der Waals surface area (Å²) in [6.45, 7) is 5.82. The zero-order valence-electron chi connectivity index (χ0n) is 44.2. The van der Waals surface area contributed by atoms with Crippen LogP contribution in [0.3, 0.4) is 0 Å². The van der Waals surface area contributed by atoms with Gasteiger partial charge in [-0.2, -0.15) is 0 Å². The normalized spacial score (nSPS) is 12.3. The highest BCUT2D eigenvalue weighted by Gasteiger charge is 2.22. The smallest absolute Gasteiger partial charge is 0.326 e. The first-order chi connectivity index (χ1) is 35.7. The standard InChI is InChI=1S/C53H91N7O14/c1-41(19-15-13-11-9-7-5-3-4-6-8-10-12-14-16-21-51(66)67)60-45(53(69)70)26-27-48(63)57-29-31-71-33-36-74-40-50(65)58-30-32-72-34-35-73-39-49(64)56-28-18-17-20-44(55-2)47(62)38-59-46(52(54)68)37-42-22-24-43(61)25-23-42/h22-25,44-46,55,59-61H,1,3-21,26-40H2,2H3,(H2,54,68)(H,56,64)(H,57,63)(H,58,65)(H,66,67)(H,69,70)/t44-,45-,46-/m0/s1. The van der Waals surface area contributed by atoms with Gasteiger partial charge in [-0.05, 0) is 76.1 Å². The van der Waals surface area contributed by atoms with E-state index in [-0.39, 0.29) is 127 Å². The summed E-state index contributed by atoms with van der Waals surface area (Å²) in [5, 5.41) is 44.9. The maximum absolute atomic E-state index is 12.8. The number of nitrogens with one attached hydrogen (secondary N) is 6. The third-order valence-corrected chi connectivity index (χ3v) is 12.0. The number of likely N-dealkylation sites (N-methyl/N-ethyl adjacent to an activating group) is 1. The minimum atomic E-state index is -1.03. The van der Waals surface area contributed by atoms with E-state index in [4.69, 9.17) is 29.8 Å². The molecule has 0 unspecified atom stereocenters. The number of carbonyl (C=O) groups is 7. The minimum absolute atomic E-state index is 0.0336. The number of primary amides is 1. The number of aliphatic carboxylic acids is 2. The number of aromatic hydroxyl groups is 1. The Morgan fingerprint density at radius 1 is 0.554 bits per heavy atom. The molecule has 0 saturated carbocycles. The molecule has 1 aromatic carbocycles. The van der Waals surface area contributed by atoms with Gasteiger partial charge in [0.25, 0.3) is 0 Å². The van der Waals surface area contributed by atoms with Crippen LogP contribution in [0, 0.1) is 0 Å². The van der Waals surface area contributed by atoms with Crippen LogP contribution in [0.2, 0.25) is 0 Å². The number of allylic oxidation sites excluding steroid dienone is 1. The molecule has 21 heteroatoms. The second-order valence-corrected chi connectivity index (χ2v) is 18.4. The fraction of sp³-hybridized carbons (Fsp3) is 0.717. The number of ketones is 1. The number of carboxylic acid groups (broad SMARTS) is 2. The number of carbonyl (C=O) groups excluding carboxylic acids is 5. The van der Waals surface area contributed by atoms with Gasteiger partial charge in [0, 0.05) is 38.2 Å². The van der Waals surface area contributed by atoms with Crippen molar-refractivity contribution >= 4 is 41.4 Å². The summed E-state index contributed by atoms with van der Waals surface area (Å²) in [5.41, 5.74) is 6.98. The maximum atomic E-state index is 12.8. The molecule has 0 radical (unpaired) electrons. The number of nitrogens with two attached hydrogens (primary N) is 1. The number of unbranched alkanes of at least 4 members (excludes halogenated alkanes) is 14. The molecular formula is C53H91N7O14.